The molecular weight excluding hydrogens is 1180 g/mol. The molecule has 22 nitrogen and oxygen atoms in total. The summed E-state index contributed by atoms with van der Waals surface area (Å²) in [6, 6.07) is 28.8. The molecule has 4 heterocycles. The number of carbonyl (C=O) groups is 3. The third kappa shape index (κ3) is 20.1. The van der Waals surface area contributed by atoms with E-state index in [0.717, 1.165) is 57.9 Å². The minimum atomic E-state index is -0.300. The van der Waals surface area contributed by atoms with Gasteiger partial charge in [0.05, 0.1) is 174 Å². The van der Waals surface area contributed by atoms with Crippen LogP contribution in [-0.4, -0.2) is 202 Å². The molecule has 4 aliphatic heterocycles. The van der Waals surface area contributed by atoms with E-state index in [1.807, 2.05) is 91.0 Å². The van der Waals surface area contributed by atoms with E-state index in [-0.39, 0.29) is 49.5 Å². The molecule has 0 aromatic heterocycles. The van der Waals surface area contributed by atoms with Crippen molar-refractivity contribution in [3.63, 3.8) is 0 Å². The number of hydrogen-bond donors (Lipinski definition) is 0. The van der Waals surface area contributed by atoms with Crippen LogP contribution in [0.5, 0.6) is 17.2 Å². The van der Waals surface area contributed by atoms with Crippen molar-refractivity contribution in [1.29, 1.82) is 0 Å². The fourth-order valence-electron chi connectivity index (χ4n) is 11.1. The fourth-order valence-corrected chi connectivity index (χ4v) is 11.1. The molecular formula is C70H89N5O17. The van der Waals surface area contributed by atoms with Gasteiger partial charge in [0, 0.05) is 80.6 Å². The van der Waals surface area contributed by atoms with Crippen molar-refractivity contribution in [2.45, 2.75) is 71.2 Å². The van der Waals surface area contributed by atoms with E-state index in [0.29, 0.717) is 198 Å². The highest BCUT2D eigenvalue weighted by Gasteiger charge is 2.38. The summed E-state index contributed by atoms with van der Waals surface area (Å²) in [6.07, 6.45) is 6.81. The summed E-state index contributed by atoms with van der Waals surface area (Å²) in [5.74, 6) is 0.843. The summed E-state index contributed by atoms with van der Waals surface area (Å²) in [5.41, 5.74) is 9.25. The Morgan fingerprint density at radius 2 is 0.924 bits per heavy atom. The zero-order valence-electron chi connectivity index (χ0n) is 53.7. The lowest BCUT2D eigenvalue weighted by atomic mass is 10.1. The van der Waals surface area contributed by atoms with Crippen LogP contribution in [0.15, 0.2) is 101 Å². The van der Waals surface area contributed by atoms with Crippen molar-refractivity contribution in [3.8, 4) is 17.2 Å². The highest BCUT2D eigenvalue weighted by molar-refractivity contribution is 6.15. The van der Waals surface area contributed by atoms with E-state index < -0.39 is 0 Å². The number of amides is 2. The number of nitrogens with zero attached hydrogens (tertiary/aromatic N) is 5. The lowest BCUT2D eigenvalue weighted by molar-refractivity contribution is -0.140. The van der Waals surface area contributed by atoms with E-state index in [1.54, 1.807) is 24.1 Å². The lowest BCUT2D eigenvalue weighted by Crippen LogP contribution is -2.37. The maximum Gasteiger partial charge on any atom is 0.305 e. The smallest absolute Gasteiger partial charge is 0.305 e. The normalized spacial score (nSPS) is 15.1. The maximum atomic E-state index is 14.2. The Labute approximate surface area is 539 Å². The van der Waals surface area contributed by atoms with Crippen LogP contribution in [0.3, 0.4) is 0 Å². The van der Waals surface area contributed by atoms with Gasteiger partial charge >= 0.3 is 5.97 Å². The molecule has 5 aromatic rings. The Morgan fingerprint density at radius 1 is 0.500 bits per heavy atom. The molecule has 2 atom stereocenters. The molecule has 2 amide bonds. The molecule has 0 N–H and O–H groups in total. The van der Waals surface area contributed by atoms with Crippen LogP contribution in [-0.2, 0) is 83.0 Å². The highest BCUT2D eigenvalue weighted by atomic mass is 16.6. The SMILES string of the molecule is CCCOCCOCCOCCOCCOCCOCCOCCOCCOCCOCCN(CCCC(=O)OC)c1cc(COc2cc3c(cc2C)C(=O)N2c4ccccc4C[C@H]2C=N3)cc(COc2cc3c(cc2OC)C(=O)N2c4ccccc4C[C@H]2C=N3)c1. The molecule has 0 radical (unpaired) electrons. The van der Waals surface area contributed by atoms with Gasteiger partial charge in [-0.2, -0.15) is 0 Å². The first-order valence-electron chi connectivity index (χ1n) is 32.0. The molecule has 4 aliphatic rings. The number of methoxy groups -OCH3 is 2. The summed E-state index contributed by atoms with van der Waals surface area (Å²) >= 11 is 0. The van der Waals surface area contributed by atoms with Crippen molar-refractivity contribution in [1.82, 2.24) is 0 Å². The van der Waals surface area contributed by atoms with Crippen LogP contribution in [0.4, 0.5) is 28.4 Å². The molecule has 5 aromatic carbocycles. The van der Waals surface area contributed by atoms with Gasteiger partial charge in [-0.25, -0.2) is 0 Å². The summed E-state index contributed by atoms with van der Waals surface area (Å²) in [6.45, 7) is 14.9. The van der Waals surface area contributed by atoms with Gasteiger partial charge in [0.25, 0.3) is 11.8 Å². The van der Waals surface area contributed by atoms with Crippen molar-refractivity contribution in [3.05, 3.63) is 130 Å². The average molecular weight is 1270 g/mol. The van der Waals surface area contributed by atoms with Crippen LogP contribution < -0.4 is 28.9 Å². The van der Waals surface area contributed by atoms with Crippen molar-refractivity contribution in [2.75, 3.05) is 174 Å². The second-order valence-corrected chi connectivity index (χ2v) is 22.2. The Bertz CT molecular complexity index is 3220. The Hall–Kier alpha value is -7.35. The first kappa shape index (κ1) is 69.0. The number of aliphatic imine (C=N–C) groups is 2. The van der Waals surface area contributed by atoms with Gasteiger partial charge in [-0.3, -0.25) is 34.2 Å². The molecule has 0 saturated heterocycles. The Balaban J connectivity index is 0.743. The number of ether oxygens (including phenoxy) is 14. The number of para-hydroxylation sites is 2. The number of hydrogen-bond acceptors (Lipinski definition) is 20. The minimum Gasteiger partial charge on any atom is -0.493 e. The Morgan fingerprint density at radius 3 is 1.38 bits per heavy atom. The second kappa shape index (κ2) is 37.4. The average Bonchev–Trinajstić information content (AvgIpc) is 1.61. The number of esters is 1. The lowest BCUT2D eigenvalue weighted by Gasteiger charge is -2.26. The highest BCUT2D eigenvalue weighted by Crippen LogP contribution is 2.42. The van der Waals surface area contributed by atoms with Gasteiger partial charge < -0.3 is 71.2 Å². The predicted molar refractivity (Wildman–Crippen MR) is 349 cm³/mol. The topological polar surface area (TPSA) is 215 Å². The molecule has 0 aliphatic carbocycles. The van der Waals surface area contributed by atoms with E-state index >= 15 is 0 Å². The van der Waals surface area contributed by atoms with Crippen molar-refractivity contribution >= 4 is 58.6 Å². The van der Waals surface area contributed by atoms with Gasteiger partial charge in [0.1, 0.15) is 19.0 Å². The molecule has 496 valence electrons. The third-order valence-corrected chi connectivity index (χ3v) is 15.7. The third-order valence-electron chi connectivity index (χ3n) is 15.7. The van der Waals surface area contributed by atoms with Crippen LogP contribution in [0.2, 0.25) is 0 Å². The van der Waals surface area contributed by atoms with Gasteiger partial charge in [-0.05, 0) is 90.0 Å². The van der Waals surface area contributed by atoms with Crippen LogP contribution in [0, 0.1) is 6.92 Å². The molecule has 92 heavy (non-hydrogen) atoms. The van der Waals surface area contributed by atoms with Crippen molar-refractivity contribution < 1.29 is 80.7 Å². The standard InChI is InChI=1S/C70H89N5O17/c1-5-18-81-20-22-83-24-26-85-28-30-87-32-34-89-36-37-90-35-33-88-31-29-86-27-25-84-23-21-82-19-17-73(16-10-15-68(76)80-4)56-40-52(49-91-65-45-61-59(38-51(65)2)69(77)74-57(47-71-61)42-54-11-6-8-13-63(54)74)39-53(41-56)50-92-67-46-62-60(44-66(67)79-3)70(78)75-58(48-72-62)43-55-12-7-9-14-64(55)75/h6-9,11-14,38-41,44-48,57-58H,5,10,15-37,42-43,49-50H2,1-4H3/t57-,58-/m0/s1. The predicted octanol–water partition coefficient (Wildman–Crippen LogP) is 9.07. The number of rotatable bonds is 44. The van der Waals surface area contributed by atoms with Crippen LogP contribution in [0.25, 0.3) is 0 Å². The summed E-state index contributed by atoms with van der Waals surface area (Å²) in [4.78, 5) is 56.3. The number of carbonyl (C=O) groups excluding carboxylic acids is 3. The van der Waals surface area contributed by atoms with Gasteiger partial charge in [0.15, 0.2) is 11.5 Å². The van der Waals surface area contributed by atoms with Crippen LogP contribution >= 0.6 is 0 Å². The first-order valence-corrected chi connectivity index (χ1v) is 32.0. The fraction of sp³-hybridized carbons (Fsp3) is 0.500. The van der Waals surface area contributed by atoms with E-state index in [4.69, 9.17) is 76.3 Å². The molecule has 22 heteroatoms. The zero-order chi connectivity index (χ0) is 64.1. The number of fused-ring (bicyclic) bond motifs is 8. The van der Waals surface area contributed by atoms with E-state index in [2.05, 4.69) is 24.0 Å². The Kier molecular flexibility index (Phi) is 28.0. The zero-order valence-corrected chi connectivity index (χ0v) is 53.7. The first-order chi connectivity index (χ1) is 45.2. The van der Waals surface area contributed by atoms with E-state index in [1.165, 1.54) is 7.11 Å². The summed E-state index contributed by atoms with van der Waals surface area (Å²) in [7, 11) is 2.94. The largest absolute Gasteiger partial charge is 0.493 e. The monoisotopic (exact) mass is 1270 g/mol. The quantitative estimate of drug-likeness (QED) is 0.0263. The molecule has 0 saturated carbocycles. The van der Waals surface area contributed by atoms with Gasteiger partial charge in [-0.15, -0.1) is 0 Å². The summed E-state index contributed by atoms with van der Waals surface area (Å²) < 4.78 is 80.4. The second-order valence-electron chi connectivity index (χ2n) is 22.2. The van der Waals surface area contributed by atoms with Crippen molar-refractivity contribution in [2.24, 2.45) is 9.98 Å². The molecule has 0 spiro atoms. The molecule has 9 rings (SSSR count). The summed E-state index contributed by atoms with van der Waals surface area (Å²) in [5, 5.41) is 0. The number of benzene rings is 5. The minimum absolute atomic E-state index is 0.0984. The van der Waals surface area contributed by atoms with Gasteiger partial charge in [-0.1, -0.05) is 43.3 Å². The molecule has 0 bridgehead atoms. The molecule has 0 unspecified atom stereocenters. The van der Waals surface area contributed by atoms with Gasteiger partial charge in [0.2, 0.25) is 0 Å². The van der Waals surface area contributed by atoms with E-state index in [9.17, 15) is 14.4 Å². The number of anilines is 3. The van der Waals surface area contributed by atoms with Crippen LogP contribution in [0.1, 0.15) is 74.7 Å². The number of aryl methyl sites for hydroxylation is 1. The maximum absolute atomic E-state index is 14.2. The molecule has 0 fully saturated rings.